The molecule has 0 aliphatic heterocycles. The highest BCUT2D eigenvalue weighted by Gasteiger charge is 2.05. The van der Waals surface area contributed by atoms with Gasteiger partial charge in [0.25, 0.3) is 0 Å². The van der Waals surface area contributed by atoms with Gasteiger partial charge in [-0.2, -0.15) is 0 Å². The third-order valence-electron chi connectivity index (χ3n) is 2.49. The molecule has 0 amide bonds. The van der Waals surface area contributed by atoms with Crippen molar-refractivity contribution in [1.82, 2.24) is 10.3 Å². The molecule has 0 aliphatic carbocycles. The summed E-state index contributed by atoms with van der Waals surface area (Å²) in [5.74, 6) is 1.37. The zero-order valence-corrected chi connectivity index (χ0v) is 11.2. The Hall–Kier alpha value is -1.13. The highest BCUT2D eigenvalue weighted by atomic mass is 16.5. The van der Waals surface area contributed by atoms with Gasteiger partial charge >= 0.3 is 0 Å². The van der Waals surface area contributed by atoms with Gasteiger partial charge in [0.2, 0.25) is 0 Å². The lowest BCUT2D eigenvalue weighted by molar-refractivity contribution is 0.210. The van der Waals surface area contributed by atoms with Crippen LogP contribution >= 0.6 is 0 Å². The minimum Gasteiger partial charge on any atom is -0.383 e. The molecule has 1 rings (SSSR count). The van der Waals surface area contributed by atoms with Crippen LogP contribution in [0.3, 0.4) is 0 Å². The summed E-state index contributed by atoms with van der Waals surface area (Å²) >= 11 is 0. The number of ether oxygens (including phenoxy) is 1. The molecule has 0 bridgehead atoms. The monoisotopic (exact) mass is 237 g/mol. The topological polar surface area (TPSA) is 46.2 Å². The van der Waals surface area contributed by atoms with Crippen molar-refractivity contribution < 1.29 is 4.74 Å². The summed E-state index contributed by atoms with van der Waals surface area (Å²) in [5, 5.41) is 6.44. The maximum atomic E-state index is 5.02. The molecule has 0 fully saturated rings. The van der Waals surface area contributed by atoms with Crippen molar-refractivity contribution in [2.24, 2.45) is 0 Å². The first-order valence-electron chi connectivity index (χ1n) is 6.05. The number of nitrogens with zero attached hydrogens (tertiary/aromatic N) is 1. The van der Waals surface area contributed by atoms with Crippen LogP contribution in [0.5, 0.6) is 0 Å². The molecule has 0 radical (unpaired) electrons. The molecule has 0 spiro atoms. The number of methoxy groups -OCH3 is 1. The summed E-state index contributed by atoms with van der Waals surface area (Å²) in [7, 11) is 3.65. The van der Waals surface area contributed by atoms with E-state index in [9.17, 15) is 0 Å². The fraction of sp³-hybridized carbons (Fsp3) is 0.615. The average molecular weight is 237 g/mol. The van der Waals surface area contributed by atoms with Gasteiger partial charge in [0.15, 0.2) is 0 Å². The van der Waals surface area contributed by atoms with Gasteiger partial charge in [-0.1, -0.05) is 13.8 Å². The van der Waals surface area contributed by atoms with Crippen molar-refractivity contribution in [3.63, 3.8) is 0 Å². The maximum Gasteiger partial charge on any atom is 0.126 e. The standard InChI is InChI=1S/C13H23N3O/c1-10(2)12-7-11(9-14-3)8-13(16-12)15-5-6-17-4/h7-8,10,14H,5-6,9H2,1-4H3,(H,15,16). The van der Waals surface area contributed by atoms with Crippen LogP contribution in [0.1, 0.15) is 31.0 Å². The fourth-order valence-corrected chi connectivity index (χ4v) is 1.58. The van der Waals surface area contributed by atoms with Gasteiger partial charge in [-0.05, 0) is 30.7 Å². The molecule has 4 heteroatoms. The molecule has 0 aromatic carbocycles. The zero-order chi connectivity index (χ0) is 12.7. The molecule has 2 N–H and O–H groups in total. The molecule has 0 unspecified atom stereocenters. The smallest absolute Gasteiger partial charge is 0.126 e. The summed E-state index contributed by atoms with van der Waals surface area (Å²) < 4.78 is 5.02. The average Bonchev–Trinajstić information content (AvgIpc) is 2.29. The molecule has 0 saturated carbocycles. The van der Waals surface area contributed by atoms with Crippen LogP contribution in [-0.4, -0.2) is 32.3 Å². The number of pyridine rings is 1. The fourth-order valence-electron chi connectivity index (χ4n) is 1.58. The van der Waals surface area contributed by atoms with E-state index in [1.54, 1.807) is 7.11 Å². The van der Waals surface area contributed by atoms with Crippen LogP contribution in [0, 0.1) is 0 Å². The summed E-state index contributed by atoms with van der Waals surface area (Å²) in [6.07, 6.45) is 0. The second kappa shape index (κ2) is 7.25. The number of hydrogen-bond acceptors (Lipinski definition) is 4. The van der Waals surface area contributed by atoms with E-state index in [1.807, 2.05) is 7.05 Å². The summed E-state index contributed by atoms with van der Waals surface area (Å²) in [5.41, 5.74) is 2.38. The summed E-state index contributed by atoms with van der Waals surface area (Å²) in [6, 6.07) is 4.24. The molecule has 0 saturated heterocycles. The van der Waals surface area contributed by atoms with E-state index in [0.29, 0.717) is 12.5 Å². The van der Waals surface area contributed by atoms with E-state index in [1.165, 1.54) is 5.56 Å². The predicted molar refractivity (Wildman–Crippen MR) is 71.5 cm³/mol. The minimum absolute atomic E-state index is 0.440. The molecule has 96 valence electrons. The van der Waals surface area contributed by atoms with Crippen molar-refractivity contribution >= 4 is 5.82 Å². The number of aromatic nitrogens is 1. The molecule has 1 aromatic heterocycles. The van der Waals surface area contributed by atoms with E-state index >= 15 is 0 Å². The van der Waals surface area contributed by atoms with Crippen LogP contribution in [0.4, 0.5) is 5.82 Å². The Labute approximate surface area is 104 Å². The van der Waals surface area contributed by atoms with Gasteiger partial charge in [0, 0.05) is 25.9 Å². The Morgan fingerprint density at radius 3 is 2.71 bits per heavy atom. The van der Waals surface area contributed by atoms with E-state index < -0.39 is 0 Å². The van der Waals surface area contributed by atoms with Gasteiger partial charge in [0.05, 0.1) is 6.61 Å². The van der Waals surface area contributed by atoms with Crippen molar-refractivity contribution in [1.29, 1.82) is 0 Å². The Morgan fingerprint density at radius 2 is 2.12 bits per heavy atom. The third kappa shape index (κ3) is 4.71. The maximum absolute atomic E-state index is 5.02. The Balaban J connectivity index is 2.79. The lowest BCUT2D eigenvalue weighted by atomic mass is 10.1. The largest absolute Gasteiger partial charge is 0.383 e. The van der Waals surface area contributed by atoms with Gasteiger partial charge in [0.1, 0.15) is 5.82 Å². The highest BCUT2D eigenvalue weighted by Crippen LogP contribution is 2.17. The first-order valence-corrected chi connectivity index (χ1v) is 6.05. The molecule has 0 atom stereocenters. The van der Waals surface area contributed by atoms with Gasteiger partial charge in [-0.15, -0.1) is 0 Å². The van der Waals surface area contributed by atoms with Crippen LogP contribution in [0.15, 0.2) is 12.1 Å². The molecule has 1 heterocycles. The predicted octanol–water partition coefficient (Wildman–Crippen LogP) is 1.98. The number of anilines is 1. The van der Waals surface area contributed by atoms with E-state index in [2.05, 4.69) is 41.6 Å². The SMILES string of the molecule is CNCc1cc(NCCOC)nc(C(C)C)c1. The molecule has 1 aromatic rings. The second-order valence-electron chi connectivity index (χ2n) is 4.39. The van der Waals surface area contributed by atoms with Crippen LogP contribution in [-0.2, 0) is 11.3 Å². The van der Waals surface area contributed by atoms with Crippen LogP contribution < -0.4 is 10.6 Å². The first-order chi connectivity index (χ1) is 8.17. The molecule has 17 heavy (non-hydrogen) atoms. The Morgan fingerprint density at radius 1 is 1.35 bits per heavy atom. The lowest BCUT2D eigenvalue weighted by Gasteiger charge is -2.12. The normalized spacial score (nSPS) is 10.9. The third-order valence-corrected chi connectivity index (χ3v) is 2.49. The Bertz CT molecular complexity index is 339. The number of rotatable bonds is 7. The lowest BCUT2D eigenvalue weighted by Crippen LogP contribution is -2.12. The van der Waals surface area contributed by atoms with Crippen molar-refractivity contribution in [2.45, 2.75) is 26.3 Å². The Kier molecular flexibility index (Phi) is 5.94. The van der Waals surface area contributed by atoms with Gasteiger partial charge in [-0.3, -0.25) is 0 Å². The minimum atomic E-state index is 0.440. The number of hydrogen-bond donors (Lipinski definition) is 2. The molecular weight excluding hydrogens is 214 g/mol. The van der Waals surface area contributed by atoms with Crippen LogP contribution in [0.2, 0.25) is 0 Å². The zero-order valence-electron chi connectivity index (χ0n) is 11.2. The molecular formula is C13H23N3O. The van der Waals surface area contributed by atoms with Crippen molar-refractivity contribution in [3.05, 3.63) is 23.4 Å². The number of nitrogens with one attached hydrogen (secondary N) is 2. The molecule has 4 nitrogen and oxygen atoms in total. The summed E-state index contributed by atoms with van der Waals surface area (Å²) in [4.78, 5) is 4.59. The van der Waals surface area contributed by atoms with Crippen LogP contribution in [0.25, 0.3) is 0 Å². The first kappa shape index (κ1) is 13.9. The van der Waals surface area contributed by atoms with Crippen molar-refractivity contribution in [2.75, 3.05) is 32.6 Å². The van der Waals surface area contributed by atoms with E-state index in [-0.39, 0.29) is 0 Å². The molecule has 0 aliphatic rings. The summed E-state index contributed by atoms with van der Waals surface area (Å²) in [6.45, 7) is 6.65. The van der Waals surface area contributed by atoms with Crippen molar-refractivity contribution in [3.8, 4) is 0 Å². The van der Waals surface area contributed by atoms with E-state index in [0.717, 1.165) is 24.6 Å². The van der Waals surface area contributed by atoms with Gasteiger partial charge < -0.3 is 15.4 Å². The van der Waals surface area contributed by atoms with Gasteiger partial charge in [-0.25, -0.2) is 4.98 Å². The van der Waals surface area contributed by atoms with E-state index in [4.69, 9.17) is 4.74 Å². The second-order valence-corrected chi connectivity index (χ2v) is 4.39. The highest BCUT2D eigenvalue weighted by molar-refractivity contribution is 5.40. The quantitative estimate of drug-likeness (QED) is 0.712.